The highest BCUT2D eigenvalue weighted by Gasteiger charge is 2.45. The molecule has 1 unspecified atom stereocenters. The first-order valence-electron chi connectivity index (χ1n) is 11.4. The molecule has 0 radical (unpaired) electrons. The van der Waals surface area contributed by atoms with E-state index >= 15 is 0 Å². The number of ether oxygens (including phenoxy) is 1. The second kappa shape index (κ2) is 10.2. The molecule has 0 aliphatic carbocycles. The monoisotopic (exact) mass is 476 g/mol. The van der Waals surface area contributed by atoms with Crippen LogP contribution < -0.4 is 4.74 Å². The largest absolute Gasteiger partial charge is 0.503 e. The van der Waals surface area contributed by atoms with Gasteiger partial charge in [0.15, 0.2) is 5.76 Å². The lowest BCUT2D eigenvalue weighted by Crippen LogP contribution is -2.31. The lowest BCUT2D eigenvalue weighted by Gasteiger charge is -2.28. The van der Waals surface area contributed by atoms with Crippen LogP contribution >= 0.6 is 11.3 Å². The number of rotatable bonds is 9. The van der Waals surface area contributed by atoms with Crippen LogP contribution in [0, 0.1) is 13.8 Å². The van der Waals surface area contributed by atoms with Crippen LogP contribution in [0.2, 0.25) is 0 Å². The van der Waals surface area contributed by atoms with E-state index in [9.17, 15) is 14.7 Å². The summed E-state index contributed by atoms with van der Waals surface area (Å²) in [6, 6.07) is 16.2. The molecular weight excluding hydrogens is 448 g/mol. The van der Waals surface area contributed by atoms with Crippen LogP contribution in [-0.4, -0.2) is 33.3 Å². The number of amides is 1. The predicted octanol–water partition coefficient (Wildman–Crippen LogP) is 5.72. The van der Waals surface area contributed by atoms with Gasteiger partial charge in [0.05, 0.1) is 33.8 Å². The van der Waals surface area contributed by atoms with Crippen molar-refractivity contribution in [3.05, 3.63) is 92.6 Å². The van der Waals surface area contributed by atoms with Crippen molar-refractivity contribution in [1.82, 2.24) is 9.88 Å². The number of carbonyl (C=O) groups is 2. The van der Waals surface area contributed by atoms with Gasteiger partial charge in [-0.05, 0) is 31.9 Å². The molecule has 1 aliphatic heterocycles. The van der Waals surface area contributed by atoms with Gasteiger partial charge in [-0.25, -0.2) is 4.98 Å². The van der Waals surface area contributed by atoms with Crippen molar-refractivity contribution < 1.29 is 19.4 Å². The minimum absolute atomic E-state index is 0.0687. The Kier molecular flexibility index (Phi) is 7.12. The minimum atomic E-state index is -0.778. The van der Waals surface area contributed by atoms with Gasteiger partial charge in [-0.2, -0.15) is 0 Å². The zero-order chi connectivity index (χ0) is 24.2. The van der Waals surface area contributed by atoms with Gasteiger partial charge in [-0.3, -0.25) is 9.59 Å². The Labute approximate surface area is 203 Å². The summed E-state index contributed by atoms with van der Waals surface area (Å²) in [7, 11) is 0. The van der Waals surface area contributed by atoms with Crippen LogP contribution in [0.15, 0.2) is 65.9 Å². The highest BCUT2D eigenvalue weighted by molar-refractivity contribution is 7.14. The van der Waals surface area contributed by atoms with E-state index in [0.29, 0.717) is 28.5 Å². The molecule has 0 saturated carbocycles. The van der Waals surface area contributed by atoms with Gasteiger partial charge in [-0.15, -0.1) is 11.3 Å². The van der Waals surface area contributed by atoms with Gasteiger partial charge in [-0.1, -0.05) is 61.9 Å². The quantitative estimate of drug-likeness (QED) is 0.316. The molecule has 0 spiro atoms. The van der Waals surface area contributed by atoms with Crippen LogP contribution in [0.3, 0.4) is 0 Å². The van der Waals surface area contributed by atoms with Crippen molar-refractivity contribution in [3.63, 3.8) is 0 Å². The molecule has 1 amide bonds. The third-order valence-electron chi connectivity index (χ3n) is 5.82. The highest BCUT2D eigenvalue weighted by Crippen LogP contribution is 2.43. The lowest BCUT2D eigenvalue weighted by atomic mass is 9.94. The van der Waals surface area contributed by atoms with Gasteiger partial charge in [0.25, 0.3) is 5.91 Å². The Hall–Kier alpha value is -3.45. The molecule has 2 aromatic carbocycles. The summed E-state index contributed by atoms with van der Waals surface area (Å²) in [4.78, 5) is 33.4. The number of thiazole rings is 1. The lowest BCUT2D eigenvalue weighted by molar-refractivity contribution is -0.130. The normalized spacial score (nSPS) is 15.8. The third-order valence-corrected chi connectivity index (χ3v) is 6.89. The number of carbonyl (C=O) groups excluding carboxylic acids is 2. The molecule has 0 saturated heterocycles. The van der Waals surface area contributed by atoms with Gasteiger partial charge in [0.2, 0.25) is 5.78 Å². The van der Waals surface area contributed by atoms with E-state index in [2.05, 4.69) is 11.9 Å². The van der Waals surface area contributed by atoms with Crippen LogP contribution in [-0.2, 0) is 11.3 Å². The fraction of sp³-hybridized carbons (Fsp3) is 0.296. The van der Waals surface area contributed by atoms with Crippen molar-refractivity contribution in [2.24, 2.45) is 0 Å². The average Bonchev–Trinajstić information content (AvgIpc) is 3.30. The maximum absolute atomic E-state index is 13.7. The van der Waals surface area contributed by atoms with E-state index in [0.717, 1.165) is 23.4 Å². The SMILES string of the molecule is CCCCOc1ccccc1C1C(C(=O)c2sc(C)nc2C)=C(O)C(=O)N1Cc1ccccc1. The molecule has 7 heteroatoms. The second-order valence-electron chi connectivity index (χ2n) is 8.30. The molecule has 1 atom stereocenters. The van der Waals surface area contributed by atoms with Gasteiger partial charge in [0, 0.05) is 12.1 Å². The second-order valence-corrected chi connectivity index (χ2v) is 9.50. The van der Waals surface area contributed by atoms with E-state index in [-0.39, 0.29) is 17.9 Å². The molecule has 1 aliphatic rings. The molecule has 0 bridgehead atoms. The predicted molar refractivity (Wildman–Crippen MR) is 132 cm³/mol. The highest BCUT2D eigenvalue weighted by atomic mass is 32.1. The first-order chi connectivity index (χ1) is 16.4. The first kappa shape index (κ1) is 23.7. The Morgan fingerprint density at radius 1 is 1.12 bits per heavy atom. The maximum atomic E-state index is 13.7. The Morgan fingerprint density at radius 2 is 1.82 bits per heavy atom. The van der Waals surface area contributed by atoms with E-state index in [1.165, 1.54) is 11.3 Å². The zero-order valence-corrected chi connectivity index (χ0v) is 20.4. The fourth-order valence-corrected chi connectivity index (χ4v) is 5.05. The van der Waals surface area contributed by atoms with E-state index in [4.69, 9.17) is 4.74 Å². The van der Waals surface area contributed by atoms with Crippen molar-refractivity contribution >= 4 is 23.0 Å². The van der Waals surface area contributed by atoms with Crippen molar-refractivity contribution in [3.8, 4) is 5.75 Å². The van der Waals surface area contributed by atoms with E-state index in [1.54, 1.807) is 11.8 Å². The number of para-hydroxylation sites is 1. The number of hydrogen-bond donors (Lipinski definition) is 1. The molecule has 3 aromatic rings. The number of nitrogens with zero attached hydrogens (tertiary/aromatic N) is 2. The molecule has 0 fully saturated rings. The summed E-state index contributed by atoms with van der Waals surface area (Å²) in [6.07, 6.45) is 1.87. The maximum Gasteiger partial charge on any atom is 0.290 e. The Morgan fingerprint density at radius 3 is 2.50 bits per heavy atom. The van der Waals surface area contributed by atoms with E-state index in [1.807, 2.05) is 61.5 Å². The summed E-state index contributed by atoms with van der Waals surface area (Å²) in [5.41, 5.74) is 2.23. The number of aliphatic hydroxyl groups excluding tert-OH is 1. The topological polar surface area (TPSA) is 79.7 Å². The number of ketones is 1. The average molecular weight is 477 g/mol. The smallest absolute Gasteiger partial charge is 0.290 e. The number of aryl methyl sites for hydroxylation is 2. The number of aromatic nitrogens is 1. The molecule has 1 N–H and O–H groups in total. The molecule has 176 valence electrons. The van der Waals surface area contributed by atoms with Gasteiger partial charge < -0.3 is 14.7 Å². The molecule has 34 heavy (non-hydrogen) atoms. The number of aliphatic hydroxyl groups is 1. The minimum Gasteiger partial charge on any atom is -0.503 e. The summed E-state index contributed by atoms with van der Waals surface area (Å²) < 4.78 is 6.06. The van der Waals surface area contributed by atoms with E-state index < -0.39 is 17.7 Å². The van der Waals surface area contributed by atoms with Crippen LogP contribution in [0.5, 0.6) is 5.75 Å². The van der Waals surface area contributed by atoms with Crippen LogP contribution in [0.25, 0.3) is 0 Å². The third kappa shape index (κ3) is 4.61. The Bertz CT molecular complexity index is 1230. The zero-order valence-electron chi connectivity index (χ0n) is 19.6. The molecule has 2 heterocycles. The standard InChI is InChI=1S/C27H28N2O4S/c1-4-5-15-33-21-14-10-9-13-20(21)23-22(24(30)26-17(2)28-18(3)34-26)25(31)27(32)29(23)16-19-11-7-6-8-12-19/h6-14,23,31H,4-5,15-16H2,1-3H3. The first-order valence-corrected chi connectivity index (χ1v) is 12.2. The number of Topliss-reactive ketones (excluding diaryl/α,β-unsaturated/α-hetero) is 1. The number of benzene rings is 2. The van der Waals surface area contributed by atoms with Crippen LogP contribution in [0.4, 0.5) is 0 Å². The van der Waals surface area contributed by atoms with Crippen LogP contribution in [0.1, 0.15) is 57.3 Å². The van der Waals surface area contributed by atoms with Gasteiger partial charge >= 0.3 is 0 Å². The number of unbranched alkanes of at least 4 members (excludes halogenated alkanes) is 1. The van der Waals surface area contributed by atoms with Gasteiger partial charge in [0.1, 0.15) is 5.75 Å². The Balaban J connectivity index is 1.82. The molecule has 4 rings (SSSR count). The molecular formula is C27H28N2O4S. The fourth-order valence-electron chi connectivity index (χ4n) is 4.18. The molecule has 1 aromatic heterocycles. The summed E-state index contributed by atoms with van der Waals surface area (Å²) in [5, 5.41) is 11.7. The van der Waals surface area contributed by atoms with Crippen molar-refractivity contribution in [2.45, 2.75) is 46.2 Å². The summed E-state index contributed by atoms with van der Waals surface area (Å²) in [5.74, 6) is -0.860. The molecule has 6 nitrogen and oxygen atoms in total. The summed E-state index contributed by atoms with van der Waals surface area (Å²) in [6.45, 7) is 6.46. The van der Waals surface area contributed by atoms with Crippen molar-refractivity contribution in [2.75, 3.05) is 6.61 Å². The summed E-state index contributed by atoms with van der Waals surface area (Å²) >= 11 is 1.27. The number of hydrogen-bond acceptors (Lipinski definition) is 6. The van der Waals surface area contributed by atoms with Crippen molar-refractivity contribution in [1.29, 1.82) is 0 Å².